The van der Waals surface area contributed by atoms with Crippen molar-refractivity contribution in [2.24, 2.45) is 5.10 Å². The molecule has 0 saturated heterocycles. The number of anilines is 1. The second-order valence-corrected chi connectivity index (χ2v) is 5.72. The molecule has 2 aromatic carbocycles. The summed E-state index contributed by atoms with van der Waals surface area (Å²) in [5.74, 6) is -0.789. The third-order valence-corrected chi connectivity index (χ3v) is 3.99. The number of hydrogen-bond donors (Lipinski definition) is 1. The summed E-state index contributed by atoms with van der Waals surface area (Å²) in [6.07, 6.45) is 1.41. The van der Waals surface area contributed by atoms with E-state index in [-0.39, 0.29) is 5.56 Å². The summed E-state index contributed by atoms with van der Waals surface area (Å²) in [6.45, 7) is 5.89. The molecule has 0 atom stereocenters. The van der Waals surface area contributed by atoms with Crippen LogP contribution in [0.15, 0.2) is 47.6 Å². The molecule has 28 heavy (non-hydrogen) atoms. The predicted octanol–water partition coefficient (Wildman–Crippen LogP) is 3.11. The maximum Gasteiger partial charge on any atom is 0.277 e. The first-order valence-electron chi connectivity index (χ1n) is 8.48. The molecule has 0 bridgehead atoms. The second-order valence-electron chi connectivity index (χ2n) is 5.72. The first kappa shape index (κ1) is 20.5. The molecular formula is C18H19N5O5. The Kier molecular flexibility index (Phi) is 6.74. The molecule has 10 heteroatoms. The maximum atomic E-state index is 12.1. The molecule has 2 aromatic rings. The van der Waals surface area contributed by atoms with E-state index in [1.807, 2.05) is 24.3 Å². The Hall–Kier alpha value is -3.82. The Morgan fingerprint density at radius 3 is 2.04 bits per heavy atom. The number of non-ortho nitro benzene ring substituents is 2. The lowest BCUT2D eigenvalue weighted by atomic mass is 10.1. The molecule has 0 aliphatic rings. The third kappa shape index (κ3) is 5.10. The monoisotopic (exact) mass is 385 g/mol. The molecule has 0 radical (unpaired) electrons. The molecule has 146 valence electrons. The van der Waals surface area contributed by atoms with Crippen LogP contribution in [0.5, 0.6) is 0 Å². The largest absolute Gasteiger partial charge is 0.372 e. The molecule has 0 heterocycles. The number of nitrogens with one attached hydrogen (secondary N) is 1. The van der Waals surface area contributed by atoms with Crippen molar-refractivity contribution in [1.29, 1.82) is 0 Å². The molecule has 0 aromatic heterocycles. The van der Waals surface area contributed by atoms with E-state index in [2.05, 4.69) is 29.3 Å². The van der Waals surface area contributed by atoms with Gasteiger partial charge in [0.05, 0.1) is 27.7 Å². The number of rotatable bonds is 8. The van der Waals surface area contributed by atoms with Crippen molar-refractivity contribution in [3.05, 3.63) is 73.8 Å². The van der Waals surface area contributed by atoms with Gasteiger partial charge in [0.2, 0.25) is 0 Å². The molecule has 0 aliphatic heterocycles. The quantitative estimate of drug-likeness (QED) is 0.422. The van der Waals surface area contributed by atoms with Gasteiger partial charge in [0.25, 0.3) is 17.3 Å². The standard InChI is InChI=1S/C18H19N5O5/c1-3-21(4-2)15-7-5-13(6-8-15)12-19-20-18(24)14-9-16(22(25)26)11-17(10-14)23(27)28/h5-12H,3-4H2,1-2H3,(H,20,24). The van der Waals surface area contributed by atoms with E-state index in [0.717, 1.165) is 42.5 Å². The fraction of sp³-hybridized carbons (Fsp3) is 0.222. The normalized spacial score (nSPS) is 10.6. The lowest BCUT2D eigenvalue weighted by molar-refractivity contribution is -0.394. The van der Waals surface area contributed by atoms with Crippen molar-refractivity contribution in [1.82, 2.24) is 5.43 Å². The van der Waals surface area contributed by atoms with E-state index in [1.165, 1.54) is 6.21 Å². The third-order valence-electron chi connectivity index (χ3n) is 3.99. The summed E-state index contributed by atoms with van der Waals surface area (Å²) in [5.41, 5.74) is 2.70. The average Bonchev–Trinajstić information content (AvgIpc) is 2.69. The van der Waals surface area contributed by atoms with Crippen LogP contribution in [0.4, 0.5) is 17.1 Å². The Bertz CT molecular complexity index is 875. The molecule has 0 aliphatic carbocycles. The van der Waals surface area contributed by atoms with Crippen LogP contribution in [-0.4, -0.2) is 35.1 Å². The van der Waals surface area contributed by atoms with Gasteiger partial charge in [-0.15, -0.1) is 0 Å². The van der Waals surface area contributed by atoms with Crippen molar-refractivity contribution in [3.63, 3.8) is 0 Å². The number of hydrazone groups is 1. The van der Waals surface area contributed by atoms with Crippen LogP contribution in [0.3, 0.4) is 0 Å². The lowest BCUT2D eigenvalue weighted by Gasteiger charge is -2.20. The highest BCUT2D eigenvalue weighted by Gasteiger charge is 2.19. The number of amides is 1. The van der Waals surface area contributed by atoms with E-state index in [4.69, 9.17) is 0 Å². The number of benzene rings is 2. The van der Waals surface area contributed by atoms with Crippen molar-refractivity contribution in [2.45, 2.75) is 13.8 Å². The highest BCUT2D eigenvalue weighted by Crippen LogP contribution is 2.22. The molecule has 1 N–H and O–H groups in total. The van der Waals surface area contributed by atoms with Crippen LogP contribution in [0.2, 0.25) is 0 Å². The smallest absolute Gasteiger partial charge is 0.277 e. The molecule has 0 spiro atoms. The summed E-state index contributed by atoms with van der Waals surface area (Å²) >= 11 is 0. The van der Waals surface area contributed by atoms with Gasteiger partial charge in [-0.3, -0.25) is 25.0 Å². The van der Waals surface area contributed by atoms with E-state index in [9.17, 15) is 25.0 Å². The number of nitro groups is 2. The van der Waals surface area contributed by atoms with Crippen molar-refractivity contribution in [3.8, 4) is 0 Å². The summed E-state index contributed by atoms with van der Waals surface area (Å²) in [6, 6.07) is 10.2. The number of carbonyl (C=O) groups excluding carboxylic acids is 1. The fourth-order valence-electron chi connectivity index (χ4n) is 2.53. The number of nitro benzene ring substituents is 2. The van der Waals surface area contributed by atoms with Gasteiger partial charge in [0.15, 0.2) is 0 Å². The summed E-state index contributed by atoms with van der Waals surface area (Å²) < 4.78 is 0. The van der Waals surface area contributed by atoms with Crippen LogP contribution < -0.4 is 10.3 Å². The Labute approximate surface area is 160 Å². The van der Waals surface area contributed by atoms with Gasteiger partial charge in [-0.2, -0.15) is 5.10 Å². The summed E-state index contributed by atoms with van der Waals surface area (Å²) in [4.78, 5) is 34.5. The summed E-state index contributed by atoms with van der Waals surface area (Å²) in [7, 11) is 0. The molecule has 0 fully saturated rings. The van der Waals surface area contributed by atoms with Crippen LogP contribution in [0.25, 0.3) is 0 Å². The minimum atomic E-state index is -0.801. The predicted molar refractivity (Wildman–Crippen MR) is 105 cm³/mol. The molecule has 10 nitrogen and oxygen atoms in total. The van der Waals surface area contributed by atoms with E-state index < -0.39 is 27.1 Å². The van der Waals surface area contributed by atoms with Crippen LogP contribution in [0, 0.1) is 20.2 Å². The highest BCUT2D eigenvalue weighted by atomic mass is 16.6. The van der Waals surface area contributed by atoms with Gasteiger partial charge in [0.1, 0.15) is 0 Å². The minimum Gasteiger partial charge on any atom is -0.372 e. The second kappa shape index (κ2) is 9.21. The topological polar surface area (TPSA) is 131 Å². The maximum absolute atomic E-state index is 12.1. The SMILES string of the molecule is CCN(CC)c1ccc(C=NNC(=O)c2cc([N+](=O)[O-])cc([N+](=O)[O-])c2)cc1. The first-order valence-corrected chi connectivity index (χ1v) is 8.48. The average molecular weight is 385 g/mol. The molecule has 0 unspecified atom stereocenters. The van der Waals surface area contributed by atoms with Gasteiger partial charge in [0, 0.05) is 30.9 Å². The minimum absolute atomic E-state index is 0.227. The van der Waals surface area contributed by atoms with Gasteiger partial charge < -0.3 is 4.90 Å². The van der Waals surface area contributed by atoms with Crippen LogP contribution in [0.1, 0.15) is 29.8 Å². The number of hydrogen-bond acceptors (Lipinski definition) is 7. The Balaban J connectivity index is 2.11. The Morgan fingerprint density at radius 2 is 1.57 bits per heavy atom. The van der Waals surface area contributed by atoms with Gasteiger partial charge in [-0.1, -0.05) is 12.1 Å². The lowest BCUT2D eigenvalue weighted by Crippen LogP contribution is -2.21. The van der Waals surface area contributed by atoms with Gasteiger partial charge >= 0.3 is 0 Å². The van der Waals surface area contributed by atoms with Gasteiger partial charge in [-0.25, -0.2) is 5.43 Å². The van der Waals surface area contributed by atoms with E-state index in [1.54, 1.807) is 0 Å². The first-order chi connectivity index (χ1) is 13.3. The molecule has 0 saturated carbocycles. The Morgan fingerprint density at radius 1 is 1.04 bits per heavy atom. The molecular weight excluding hydrogens is 366 g/mol. The zero-order valence-corrected chi connectivity index (χ0v) is 15.4. The van der Waals surface area contributed by atoms with Crippen LogP contribution in [-0.2, 0) is 0 Å². The van der Waals surface area contributed by atoms with Crippen molar-refractivity contribution >= 4 is 29.2 Å². The highest BCUT2D eigenvalue weighted by molar-refractivity contribution is 5.96. The summed E-state index contributed by atoms with van der Waals surface area (Å²) in [5, 5.41) is 25.6. The van der Waals surface area contributed by atoms with Gasteiger partial charge in [-0.05, 0) is 31.5 Å². The number of nitrogens with zero attached hydrogens (tertiary/aromatic N) is 4. The fourth-order valence-corrected chi connectivity index (χ4v) is 2.53. The van der Waals surface area contributed by atoms with E-state index >= 15 is 0 Å². The zero-order valence-electron chi connectivity index (χ0n) is 15.4. The molecule has 2 rings (SSSR count). The van der Waals surface area contributed by atoms with Crippen molar-refractivity contribution in [2.75, 3.05) is 18.0 Å². The van der Waals surface area contributed by atoms with E-state index in [0.29, 0.717) is 0 Å². The van der Waals surface area contributed by atoms with Crippen LogP contribution >= 0.6 is 0 Å². The zero-order chi connectivity index (χ0) is 20.7. The number of carbonyl (C=O) groups is 1. The molecule has 1 amide bonds. The van der Waals surface area contributed by atoms with Crippen molar-refractivity contribution < 1.29 is 14.6 Å².